The fraction of sp³-hybridized carbons (Fsp3) is 0.316. The van der Waals surface area contributed by atoms with Gasteiger partial charge < -0.3 is 10.1 Å². The number of rotatable bonds is 6. The van der Waals surface area contributed by atoms with Gasteiger partial charge in [0.05, 0.1) is 11.6 Å². The van der Waals surface area contributed by atoms with Gasteiger partial charge in [-0.15, -0.1) is 0 Å². The molecule has 0 unspecified atom stereocenters. The SMILES string of the molecule is O=C(COC(=O)c1cccnc1SC(F)F)N[C@H]1CCCc2ccccc21. The van der Waals surface area contributed by atoms with E-state index in [0.29, 0.717) is 0 Å². The van der Waals surface area contributed by atoms with Crippen molar-refractivity contribution in [3.8, 4) is 0 Å². The summed E-state index contributed by atoms with van der Waals surface area (Å²) in [5, 5.41) is 2.75. The first-order valence-electron chi connectivity index (χ1n) is 8.48. The van der Waals surface area contributed by atoms with Gasteiger partial charge in [0.2, 0.25) is 0 Å². The van der Waals surface area contributed by atoms with Crippen LogP contribution in [0, 0.1) is 0 Å². The Morgan fingerprint density at radius 1 is 1.26 bits per heavy atom. The maximum absolute atomic E-state index is 12.6. The molecule has 0 saturated heterocycles. The van der Waals surface area contributed by atoms with Crippen molar-refractivity contribution in [2.24, 2.45) is 0 Å². The fourth-order valence-corrected chi connectivity index (χ4v) is 3.64. The van der Waals surface area contributed by atoms with Crippen LogP contribution < -0.4 is 5.32 Å². The first kappa shape index (κ1) is 19.3. The predicted octanol–water partition coefficient (Wildman–Crippen LogP) is 3.75. The maximum Gasteiger partial charge on any atom is 0.341 e. The van der Waals surface area contributed by atoms with Gasteiger partial charge in [-0.25, -0.2) is 9.78 Å². The molecule has 8 heteroatoms. The van der Waals surface area contributed by atoms with E-state index in [1.165, 1.54) is 23.9 Å². The molecule has 1 atom stereocenters. The third kappa shape index (κ3) is 5.03. The Labute approximate surface area is 159 Å². The molecule has 5 nitrogen and oxygen atoms in total. The van der Waals surface area contributed by atoms with E-state index in [4.69, 9.17) is 4.74 Å². The zero-order valence-electron chi connectivity index (χ0n) is 14.4. The van der Waals surface area contributed by atoms with E-state index in [2.05, 4.69) is 10.3 Å². The number of aryl methyl sites for hydroxylation is 1. The molecule has 0 spiro atoms. The third-order valence-corrected chi connectivity index (χ3v) is 4.96. The van der Waals surface area contributed by atoms with Crippen LogP contribution in [0.5, 0.6) is 0 Å². The molecule has 1 aliphatic carbocycles. The zero-order chi connectivity index (χ0) is 19.2. The molecule has 1 heterocycles. The summed E-state index contributed by atoms with van der Waals surface area (Å²) in [6.45, 7) is -0.481. The molecule has 1 N–H and O–H groups in total. The number of hydrogen-bond acceptors (Lipinski definition) is 5. The van der Waals surface area contributed by atoms with Crippen LogP contribution in [0.2, 0.25) is 0 Å². The molecule has 0 radical (unpaired) electrons. The monoisotopic (exact) mass is 392 g/mol. The Morgan fingerprint density at radius 3 is 2.89 bits per heavy atom. The average molecular weight is 392 g/mol. The molecule has 2 aromatic rings. The molecular formula is C19H18F2N2O3S. The van der Waals surface area contributed by atoms with Crippen molar-refractivity contribution in [3.63, 3.8) is 0 Å². The number of hydrogen-bond donors (Lipinski definition) is 1. The van der Waals surface area contributed by atoms with E-state index >= 15 is 0 Å². The molecule has 142 valence electrons. The van der Waals surface area contributed by atoms with E-state index in [0.717, 1.165) is 24.8 Å². The molecule has 0 aliphatic heterocycles. The highest BCUT2D eigenvalue weighted by molar-refractivity contribution is 7.99. The highest BCUT2D eigenvalue weighted by Gasteiger charge is 2.23. The summed E-state index contributed by atoms with van der Waals surface area (Å²) in [6, 6.07) is 10.6. The van der Waals surface area contributed by atoms with Gasteiger partial charge in [-0.1, -0.05) is 24.3 Å². The van der Waals surface area contributed by atoms with Crippen molar-refractivity contribution >= 4 is 23.6 Å². The van der Waals surface area contributed by atoms with Crippen LogP contribution in [0.15, 0.2) is 47.6 Å². The number of nitrogens with zero attached hydrogens (tertiary/aromatic N) is 1. The number of carbonyl (C=O) groups excluding carboxylic acids is 2. The zero-order valence-corrected chi connectivity index (χ0v) is 15.2. The van der Waals surface area contributed by atoms with Crippen LogP contribution in [0.1, 0.15) is 40.4 Å². The first-order valence-corrected chi connectivity index (χ1v) is 9.36. The number of thioether (sulfide) groups is 1. The molecule has 0 bridgehead atoms. The number of nitrogens with one attached hydrogen (secondary N) is 1. The molecule has 27 heavy (non-hydrogen) atoms. The van der Waals surface area contributed by atoms with Crippen molar-refractivity contribution in [1.29, 1.82) is 0 Å². The Morgan fingerprint density at radius 2 is 2.07 bits per heavy atom. The number of pyridine rings is 1. The molecule has 1 aliphatic rings. The first-order chi connectivity index (χ1) is 13.0. The van der Waals surface area contributed by atoms with Gasteiger partial charge >= 0.3 is 5.97 Å². The van der Waals surface area contributed by atoms with E-state index in [9.17, 15) is 18.4 Å². The topological polar surface area (TPSA) is 68.3 Å². The quantitative estimate of drug-likeness (QED) is 0.599. The molecular weight excluding hydrogens is 374 g/mol. The average Bonchev–Trinajstić information content (AvgIpc) is 2.66. The van der Waals surface area contributed by atoms with E-state index in [1.54, 1.807) is 0 Å². The van der Waals surface area contributed by atoms with Gasteiger partial charge in [0.15, 0.2) is 6.61 Å². The van der Waals surface area contributed by atoms with Gasteiger partial charge in [-0.05, 0) is 54.3 Å². The molecule has 1 amide bonds. The van der Waals surface area contributed by atoms with Gasteiger partial charge in [-0.2, -0.15) is 8.78 Å². The lowest BCUT2D eigenvalue weighted by Crippen LogP contribution is -2.34. The summed E-state index contributed by atoms with van der Waals surface area (Å²) >= 11 is 0.163. The Bertz CT molecular complexity index is 832. The lowest BCUT2D eigenvalue weighted by Gasteiger charge is -2.26. The van der Waals surface area contributed by atoms with E-state index in [-0.39, 0.29) is 28.4 Å². The van der Waals surface area contributed by atoms with Crippen LogP contribution in [0.25, 0.3) is 0 Å². The summed E-state index contributed by atoms with van der Waals surface area (Å²) in [6.07, 6.45) is 4.07. The Hall–Kier alpha value is -2.48. The third-order valence-electron chi connectivity index (χ3n) is 4.23. The van der Waals surface area contributed by atoms with Crippen molar-refractivity contribution in [1.82, 2.24) is 10.3 Å². The van der Waals surface area contributed by atoms with E-state index in [1.807, 2.05) is 24.3 Å². The van der Waals surface area contributed by atoms with Crippen LogP contribution in [0.3, 0.4) is 0 Å². The molecule has 1 aromatic heterocycles. The lowest BCUT2D eigenvalue weighted by atomic mass is 9.88. The second-order valence-corrected chi connectivity index (χ2v) is 7.00. The highest BCUT2D eigenvalue weighted by Crippen LogP contribution is 2.29. The number of esters is 1. The standard InChI is InChI=1S/C19H18F2N2O3S/c20-19(21)27-17-14(8-4-10-22-17)18(25)26-11-16(24)23-15-9-3-6-12-5-1-2-7-13(12)15/h1-2,4-5,7-8,10,15,19H,3,6,9,11H2,(H,23,24)/t15-/m0/s1. The summed E-state index contributed by atoms with van der Waals surface area (Å²) in [7, 11) is 0. The number of carbonyl (C=O) groups is 2. The number of alkyl halides is 2. The molecule has 0 saturated carbocycles. The van der Waals surface area contributed by atoms with Crippen molar-refractivity contribution in [2.75, 3.05) is 6.61 Å². The van der Waals surface area contributed by atoms with Gasteiger partial charge in [-0.3, -0.25) is 4.79 Å². The Balaban J connectivity index is 1.58. The number of amides is 1. The molecule has 0 fully saturated rings. The smallest absolute Gasteiger partial charge is 0.341 e. The minimum absolute atomic E-state index is 0.0846. The second kappa shape index (κ2) is 8.94. The number of halogens is 2. The summed E-state index contributed by atoms with van der Waals surface area (Å²) < 4.78 is 30.1. The van der Waals surface area contributed by atoms with Crippen LogP contribution >= 0.6 is 11.8 Å². The Kier molecular flexibility index (Phi) is 6.39. The number of aromatic nitrogens is 1. The predicted molar refractivity (Wildman–Crippen MR) is 96.6 cm³/mol. The van der Waals surface area contributed by atoms with Crippen LogP contribution in [-0.4, -0.2) is 29.2 Å². The molecule has 1 aromatic carbocycles. The van der Waals surface area contributed by atoms with Crippen LogP contribution in [0.4, 0.5) is 8.78 Å². The summed E-state index contributed by atoms with van der Waals surface area (Å²) in [5.41, 5.74) is 2.19. The number of fused-ring (bicyclic) bond motifs is 1. The van der Waals surface area contributed by atoms with Crippen LogP contribution in [-0.2, 0) is 16.0 Å². The van der Waals surface area contributed by atoms with Gasteiger partial charge in [0, 0.05) is 6.20 Å². The van der Waals surface area contributed by atoms with Gasteiger partial charge in [0.25, 0.3) is 11.7 Å². The lowest BCUT2D eigenvalue weighted by molar-refractivity contribution is -0.125. The minimum atomic E-state index is -2.71. The summed E-state index contributed by atoms with van der Waals surface area (Å²) in [4.78, 5) is 28.1. The largest absolute Gasteiger partial charge is 0.452 e. The maximum atomic E-state index is 12.6. The normalized spacial score (nSPS) is 15.9. The van der Waals surface area contributed by atoms with E-state index < -0.39 is 24.2 Å². The summed E-state index contributed by atoms with van der Waals surface area (Å²) in [5.74, 6) is -4.00. The second-order valence-electron chi connectivity index (χ2n) is 6.02. The van der Waals surface area contributed by atoms with Crippen molar-refractivity contribution < 1.29 is 23.1 Å². The number of benzene rings is 1. The van der Waals surface area contributed by atoms with Crippen molar-refractivity contribution in [2.45, 2.75) is 36.1 Å². The highest BCUT2D eigenvalue weighted by atomic mass is 32.2. The number of ether oxygens (including phenoxy) is 1. The fourth-order valence-electron chi connectivity index (χ4n) is 3.07. The minimum Gasteiger partial charge on any atom is -0.452 e. The molecule has 3 rings (SSSR count). The van der Waals surface area contributed by atoms with Crippen molar-refractivity contribution in [3.05, 3.63) is 59.3 Å². The van der Waals surface area contributed by atoms with Gasteiger partial charge in [0.1, 0.15) is 5.03 Å².